The zero-order valence-electron chi connectivity index (χ0n) is 8.51. The molecule has 108 valence electrons. The molecule has 0 aromatic heterocycles. The van der Waals surface area contributed by atoms with Crippen LogP contribution in [0.15, 0.2) is 23.1 Å². The van der Waals surface area contributed by atoms with E-state index in [1.165, 1.54) is 0 Å². The Balaban J connectivity index is 3.44. The molecule has 3 nitrogen and oxygen atoms in total. The third-order valence-electron chi connectivity index (χ3n) is 1.76. The van der Waals surface area contributed by atoms with Crippen LogP contribution in [-0.4, -0.2) is 14.8 Å². The fourth-order valence-electron chi connectivity index (χ4n) is 1.09. The summed E-state index contributed by atoms with van der Waals surface area (Å²) in [6.45, 7) is 0. The Morgan fingerprint density at radius 3 is 1.95 bits per heavy atom. The van der Waals surface area contributed by atoms with Crippen molar-refractivity contribution in [1.82, 2.24) is 0 Å². The number of benzene rings is 1. The molecule has 1 aromatic carbocycles. The Kier molecular flexibility index (Phi) is 3.97. The highest BCUT2D eigenvalue weighted by molar-refractivity contribution is 8.13. The van der Waals surface area contributed by atoms with E-state index in [9.17, 15) is 34.8 Å². The lowest BCUT2D eigenvalue weighted by atomic mass is 10.2. The van der Waals surface area contributed by atoms with E-state index in [0.29, 0.717) is 0 Å². The second-order valence-corrected chi connectivity index (χ2v) is 5.68. The summed E-state index contributed by atoms with van der Waals surface area (Å²) in [6.07, 6.45) is -10.3. The van der Waals surface area contributed by atoms with Crippen molar-refractivity contribution >= 4 is 19.7 Å². The molecule has 0 fully saturated rings. The van der Waals surface area contributed by atoms with E-state index in [2.05, 4.69) is 4.74 Å². The first-order valence-corrected chi connectivity index (χ1v) is 6.53. The van der Waals surface area contributed by atoms with Gasteiger partial charge >= 0.3 is 12.5 Å². The SMILES string of the molecule is O=S(=O)(Cl)c1ccc(C(F)(F)F)cc1OC(F)(F)F. The number of hydrogen-bond donors (Lipinski definition) is 0. The van der Waals surface area contributed by atoms with Crippen LogP contribution in [0, 0.1) is 0 Å². The monoisotopic (exact) mass is 328 g/mol. The van der Waals surface area contributed by atoms with Gasteiger partial charge in [0.25, 0.3) is 9.05 Å². The van der Waals surface area contributed by atoms with Gasteiger partial charge in [-0.15, -0.1) is 13.2 Å². The minimum atomic E-state index is -5.36. The largest absolute Gasteiger partial charge is 0.573 e. The zero-order chi connectivity index (χ0) is 15.1. The van der Waals surface area contributed by atoms with Crippen LogP contribution in [0.1, 0.15) is 5.56 Å². The highest BCUT2D eigenvalue weighted by Crippen LogP contribution is 2.37. The van der Waals surface area contributed by atoms with Gasteiger partial charge < -0.3 is 4.74 Å². The van der Waals surface area contributed by atoms with Crippen molar-refractivity contribution in [3.8, 4) is 5.75 Å². The zero-order valence-corrected chi connectivity index (χ0v) is 10.1. The maximum Gasteiger partial charge on any atom is 0.573 e. The normalized spacial score (nSPS) is 13.4. The average Bonchev–Trinajstić information content (AvgIpc) is 2.11. The first-order chi connectivity index (χ1) is 8.31. The lowest BCUT2D eigenvalue weighted by Crippen LogP contribution is -2.19. The van der Waals surface area contributed by atoms with E-state index in [0.717, 1.165) is 0 Å². The number of rotatable bonds is 2. The molecule has 0 spiro atoms. The standard InChI is InChI=1S/C8H3ClF6O3S/c9-19(16,17)6-2-1-4(7(10,11)12)3-5(6)18-8(13,14)15/h1-3H. The molecular formula is C8H3ClF6O3S. The Hall–Kier alpha value is -1.16. The summed E-state index contributed by atoms with van der Waals surface area (Å²) in [5, 5.41) is 0. The first-order valence-electron chi connectivity index (χ1n) is 4.22. The van der Waals surface area contributed by atoms with E-state index in [1.807, 2.05) is 0 Å². The van der Waals surface area contributed by atoms with Crippen molar-refractivity contribution in [2.75, 3.05) is 0 Å². The van der Waals surface area contributed by atoms with Crippen LogP contribution in [0.25, 0.3) is 0 Å². The maximum absolute atomic E-state index is 12.3. The predicted molar refractivity (Wildman–Crippen MR) is 51.2 cm³/mol. The van der Waals surface area contributed by atoms with Crippen LogP contribution in [0.2, 0.25) is 0 Å². The molecular weight excluding hydrogens is 326 g/mol. The molecule has 1 aromatic rings. The molecule has 0 amide bonds. The van der Waals surface area contributed by atoms with Crippen molar-refractivity contribution in [3.63, 3.8) is 0 Å². The molecule has 0 aliphatic carbocycles. The van der Waals surface area contributed by atoms with Crippen molar-refractivity contribution in [1.29, 1.82) is 0 Å². The van der Waals surface area contributed by atoms with Crippen molar-refractivity contribution in [2.45, 2.75) is 17.4 Å². The van der Waals surface area contributed by atoms with Gasteiger partial charge in [-0.05, 0) is 18.2 Å². The molecule has 0 aliphatic rings. The number of ether oxygens (including phenoxy) is 1. The second kappa shape index (κ2) is 4.75. The highest BCUT2D eigenvalue weighted by Gasteiger charge is 2.37. The number of halogens is 7. The van der Waals surface area contributed by atoms with E-state index < -0.39 is 37.8 Å². The van der Waals surface area contributed by atoms with E-state index in [4.69, 9.17) is 10.7 Å². The van der Waals surface area contributed by atoms with E-state index in [1.54, 1.807) is 0 Å². The summed E-state index contributed by atoms with van der Waals surface area (Å²) in [7, 11) is 0.115. The summed E-state index contributed by atoms with van der Waals surface area (Å²) >= 11 is 0. The van der Waals surface area contributed by atoms with Crippen LogP contribution in [0.4, 0.5) is 26.3 Å². The van der Waals surface area contributed by atoms with Gasteiger partial charge in [0.15, 0.2) is 0 Å². The van der Waals surface area contributed by atoms with Gasteiger partial charge in [0.1, 0.15) is 10.6 Å². The summed E-state index contributed by atoms with van der Waals surface area (Å²) in [5.74, 6) is -1.54. The van der Waals surface area contributed by atoms with Crippen molar-refractivity contribution in [2.24, 2.45) is 0 Å². The summed E-state index contributed by atoms with van der Waals surface area (Å²) < 4.78 is 98.0. The minimum Gasteiger partial charge on any atom is -0.404 e. The predicted octanol–water partition coefficient (Wildman–Crippen LogP) is 3.53. The molecule has 0 unspecified atom stereocenters. The topological polar surface area (TPSA) is 43.4 Å². The van der Waals surface area contributed by atoms with Crippen LogP contribution >= 0.6 is 10.7 Å². The van der Waals surface area contributed by atoms with Crippen molar-refractivity contribution < 1.29 is 39.5 Å². The number of hydrogen-bond acceptors (Lipinski definition) is 3. The van der Waals surface area contributed by atoms with Crippen LogP contribution in [0.5, 0.6) is 5.75 Å². The molecule has 11 heteroatoms. The third-order valence-corrected chi connectivity index (χ3v) is 3.12. The average molecular weight is 329 g/mol. The van der Waals surface area contributed by atoms with Gasteiger partial charge in [-0.1, -0.05) is 0 Å². The molecule has 0 saturated carbocycles. The Labute approximate surface area is 107 Å². The summed E-state index contributed by atoms with van der Waals surface area (Å²) in [6, 6.07) is 0.466. The smallest absolute Gasteiger partial charge is 0.404 e. The Bertz CT molecular complexity index is 577. The maximum atomic E-state index is 12.3. The molecule has 1 rings (SSSR count). The molecule has 0 aliphatic heterocycles. The van der Waals surface area contributed by atoms with Crippen LogP contribution < -0.4 is 4.74 Å². The molecule has 0 radical (unpaired) electrons. The molecule has 0 heterocycles. The first kappa shape index (κ1) is 15.9. The second-order valence-electron chi connectivity index (χ2n) is 3.14. The Morgan fingerprint density at radius 1 is 1.05 bits per heavy atom. The number of alkyl halides is 6. The molecule has 0 bridgehead atoms. The van der Waals surface area contributed by atoms with Gasteiger partial charge in [0, 0.05) is 10.7 Å². The molecule has 19 heavy (non-hydrogen) atoms. The van der Waals surface area contributed by atoms with Crippen LogP contribution in [-0.2, 0) is 15.2 Å². The minimum absolute atomic E-state index is 0.0945. The van der Waals surface area contributed by atoms with E-state index in [-0.39, 0.29) is 18.2 Å². The van der Waals surface area contributed by atoms with Gasteiger partial charge in [0.2, 0.25) is 0 Å². The fourth-order valence-corrected chi connectivity index (χ4v) is 2.04. The molecule has 0 atom stereocenters. The van der Waals surface area contributed by atoms with Gasteiger partial charge in [0.05, 0.1) is 5.56 Å². The molecule has 0 N–H and O–H groups in total. The molecule has 0 saturated heterocycles. The quantitative estimate of drug-likeness (QED) is 0.616. The van der Waals surface area contributed by atoms with Crippen LogP contribution in [0.3, 0.4) is 0 Å². The van der Waals surface area contributed by atoms with Crippen molar-refractivity contribution in [3.05, 3.63) is 23.8 Å². The summed E-state index contributed by atoms with van der Waals surface area (Å²) in [4.78, 5) is -1.21. The Morgan fingerprint density at radius 2 is 1.58 bits per heavy atom. The fraction of sp³-hybridized carbons (Fsp3) is 0.250. The third kappa shape index (κ3) is 4.46. The lowest BCUT2D eigenvalue weighted by Gasteiger charge is -2.14. The lowest BCUT2D eigenvalue weighted by molar-refractivity contribution is -0.275. The van der Waals surface area contributed by atoms with E-state index >= 15 is 0 Å². The summed E-state index contributed by atoms with van der Waals surface area (Å²) in [5.41, 5.74) is -1.50. The van der Waals surface area contributed by atoms with Gasteiger partial charge in [-0.3, -0.25) is 0 Å². The van der Waals surface area contributed by atoms with Gasteiger partial charge in [-0.25, -0.2) is 8.42 Å². The van der Waals surface area contributed by atoms with Gasteiger partial charge in [-0.2, -0.15) is 13.2 Å². The highest BCUT2D eigenvalue weighted by atomic mass is 35.7.